The molecule has 4 atom stereocenters. The van der Waals surface area contributed by atoms with Gasteiger partial charge >= 0.3 is 0 Å². The van der Waals surface area contributed by atoms with Gasteiger partial charge in [-0.3, -0.25) is 19.3 Å². The molecule has 100 valence electrons. The van der Waals surface area contributed by atoms with E-state index in [9.17, 15) is 9.59 Å². The highest BCUT2D eigenvalue weighted by atomic mass is 127. The Morgan fingerprint density at radius 3 is 2.83 bits per heavy atom. The van der Waals surface area contributed by atoms with E-state index in [1.165, 1.54) is 4.90 Å². The molecule has 0 saturated carbocycles. The van der Waals surface area contributed by atoms with Crippen molar-refractivity contribution in [3.8, 4) is 0 Å². The maximum Gasteiger partial charge on any atom is 0.261 e. The summed E-state index contributed by atoms with van der Waals surface area (Å²) in [6.07, 6.45) is 2.51. The minimum absolute atomic E-state index is 0.0795. The number of nitrogens with zero attached hydrogens (tertiary/aromatic N) is 2. The Balaban J connectivity index is 1.99. The summed E-state index contributed by atoms with van der Waals surface area (Å²) in [5, 5.41) is 1.96. The monoisotopic (exact) mass is 364 g/mol. The Morgan fingerprint density at radius 1 is 1.44 bits per heavy atom. The van der Waals surface area contributed by atoms with Crippen LogP contribution < -0.4 is 0 Å². The molecular formula is C12H17IN2O3. The highest BCUT2D eigenvalue weighted by Crippen LogP contribution is 2.49. The van der Waals surface area contributed by atoms with E-state index < -0.39 is 6.10 Å². The molecule has 0 aromatic carbocycles. The number of likely N-dealkylation sites (N-methyl/N-ethyl adjacent to an activating group) is 1. The Kier molecular flexibility index (Phi) is 2.95. The Morgan fingerprint density at radius 2 is 2.17 bits per heavy atom. The summed E-state index contributed by atoms with van der Waals surface area (Å²) in [6, 6.07) is 0.320. The van der Waals surface area contributed by atoms with Gasteiger partial charge in [0.2, 0.25) is 5.91 Å². The largest absolute Gasteiger partial charge is 0.284 e. The van der Waals surface area contributed by atoms with Crippen molar-refractivity contribution in [3.05, 3.63) is 0 Å². The zero-order valence-corrected chi connectivity index (χ0v) is 12.7. The summed E-state index contributed by atoms with van der Waals surface area (Å²) >= 11 is 2.35. The van der Waals surface area contributed by atoms with E-state index in [2.05, 4.69) is 29.5 Å². The summed E-state index contributed by atoms with van der Waals surface area (Å²) in [5.41, 5.74) is -0.309. The van der Waals surface area contributed by atoms with Gasteiger partial charge < -0.3 is 0 Å². The normalized spacial score (nSPS) is 44.4. The molecule has 6 heteroatoms. The Labute approximate surface area is 120 Å². The lowest BCUT2D eigenvalue weighted by Gasteiger charge is -2.44. The van der Waals surface area contributed by atoms with Crippen LogP contribution >= 0.6 is 22.6 Å². The van der Waals surface area contributed by atoms with Gasteiger partial charge in [-0.25, -0.2) is 0 Å². The molecule has 5 nitrogen and oxygen atoms in total. The predicted octanol–water partition coefficient (Wildman–Crippen LogP) is 0.963. The molecule has 3 rings (SSSR count). The summed E-state index contributed by atoms with van der Waals surface area (Å²) in [5.74, 6) is -0.585. The van der Waals surface area contributed by atoms with Gasteiger partial charge in [0.1, 0.15) is 0 Å². The van der Waals surface area contributed by atoms with Crippen molar-refractivity contribution in [2.45, 2.75) is 43.9 Å². The number of imide groups is 1. The summed E-state index contributed by atoms with van der Waals surface area (Å²) in [7, 11) is 1.55. The second kappa shape index (κ2) is 4.14. The number of hydroxylamine groups is 2. The molecule has 0 radical (unpaired) electrons. The zero-order valence-electron chi connectivity index (χ0n) is 10.6. The van der Waals surface area contributed by atoms with Gasteiger partial charge in [-0.15, -0.1) is 0 Å². The summed E-state index contributed by atoms with van der Waals surface area (Å²) in [4.78, 5) is 31.4. The van der Waals surface area contributed by atoms with E-state index in [0.29, 0.717) is 6.04 Å². The van der Waals surface area contributed by atoms with Crippen LogP contribution in [0.4, 0.5) is 0 Å². The van der Waals surface area contributed by atoms with E-state index in [4.69, 9.17) is 4.84 Å². The quantitative estimate of drug-likeness (QED) is 0.395. The van der Waals surface area contributed by atoms with Crippen LogP contribution in [0, 0.1) is 5.92 Å². The molecule has 2 amide bonds. The first-order chi connectivity index (χ1) is 8.50. The number of carbonyl (C=O) groups excluding carboxylic acids is 2. The third-order valence-electron chi connectivity index (χ3n) is 4.60. The van der Waals surface area contributed by atoms with Crippen LogP contribution in [0.1, 0.15) is 26.2 Å². The zero-order chi connectivity index (χ0) is 13.1. The van der Waals surface area contributed by atoms with E-state index >= 15 is 0 Å². The third-order valence-corrected chi connectivity index (χ3v) is 5.62. The first-order valence-corrected chi connectivity index (χ1v) is 7.87. The van der Waals surface area contributed by atoms with Crippen LogP contribution in [0.5, 0.6) is 0 Å². The molecule has 0 bridgehead atoms. The first kappa shape index (κ1) is 12.8. The Hall–Kier alpha value is -0.210. The van der Waals surface area contributed by atoms with Crippen LogP contribution in [0.3, 0.4) is 0 Å². The molecule has 3 aliphatic rings. The van der Waals surface area contributed by atoms with E-state index in [-0.39, 0.29) is 23.3 Å². The van der Waals surface area contributed by atoms with Gasteiger partial charge in [0.15, 0.2) is 6.10 Å². The predicted molar refractivity (Wildman–Crippen MR) is 72.9 cm³/mol. The van der Waals surface area contributed by atoms with Crippen molar-refractivity contribution in [1.82, 2.24) is 9.96 Å². The maximum absolute atomic E-state index is 12.2. The molecule has 0 N–H and O–H groups in total. The average molecular weight is 364 g/mol. The van der Waals surface area contributed by atoms with Gasteiger partial charge in [0.25, 0.3) is 5.91 Å². The average Bonchev–Trinajstić information content (AvgIpc) is 2.78. The molecule has 0 aliphatic carbocycles. The van der Waals surface area contributed by atoms with Gasteiger partial charge in [0, 0.05) is 17.5 Å². The highest BCUT2D eigenvalue weighted by Gasteiger charge is 2.65. The minimum Gasteiger partial charge on any atom is -0.284 e. The van der Waals surface area contributed by atoms with Crippen molar-refractivity contribution in [2.75, 3.05) is 11.5 Å². The number of halogens is 1. The molecule has 18 heavy (non-hydrogen) atoms. The third kappa shape index (κ3) is 1.45. The number of rotatable bonds is 1. The first-order valence-electron chi connectivity index (χ1n) is 6.34. The standard InChI is InChI=1S/C12H17IN2O3/c1-12-5-3-4-7(6-13)15(12)18-9-8(12)10(16)14(2)11(9)17/h7-9H,3-6H2,1-2H3/t7-,8+,9-,12-/m1/s1. The fourth-order valence-corrected chi connectivity index (χ4v) is 4.38. The lowest BCUT2D eigenvalue weighted by Crippen LogP contribution is -2.55. The minimum atomic E-state index is -0.587. The number of likely N-dealkylation sites (tertiary alicyclic amines) is 1. The maximum atomic E-state index is 12.2. The molecule has 3 fully saturated rings. The fraction of sp³-hybridized carbons (Fsp3) is 0.833. The van der Waals surface area contributed by atoms with E-state index in [1.54, 1.807) is 7.05 Å². The summed E-state index contributed by atoms with van der Waals surface area (Å²) < 4.78 is 0.963. The van der Waals surface area contributed by atoms with Crippen LogP contribution in [0.15, 0.2) is 0 Å². The number of hydrogen-bond acceptors (Lipinski definition) is 4. The van der Waals surface area contributed by atoms with Gasteiger partial charge in [0.05, 0.1) is 11.5 Å². The number of carbonyl (C=O) groups is 2. The lowest BCUT2D eigenvalue weighted by atomic mass is 9.76. The second-order valence-corrected chi connectivity index (χ2v) is 6.50. The van der Waals surface area contributed by atoms with Gasteiger partial charge in [-0.1, -0.05) is 22.6 Å². The molecule has 0 spiro atoms. The van der Waals surface area contributed by atoms with Crippen molar-refractivity contribution in [3.63, 3.8) is 0 Å². The molecule has 3 saturated heterocycles. The van der Waals surface area contributed by atoms with Crippen LogP contribution in [0.25, 0.3) is 0 Å². The number of alkyl halides is 1. The van der Waals surface area contributed by atoms with Gasteiger partial charge in [-0.2, -0.15) is 5.06 Å². The molecule has 0 aromatic rings. The fourth-order valence-electron chi connectivity index (χ4n) is 3.58. The van der Waals surface area contributed by atoms with Crippen molar-refractivity contribution < 1.29 is 14.4 Å². The number of hydrogen-bond donors (Lipinski definition) is 0. The van der Waals surface area contributed by atoms with Gasteiger partial charge in [-0.05, 0) is 26.2 Å². The number of fused-ring (bicyclic) bond motifs is 3. The Bertz CT molecular complexity index is 416. The molecule has 3 aliphatic heterocycles. The smallest absolute Gasteiger partial charge is 0.261 e. The SMILES string of the molecule is CN1C(=O)[C@@H]2[C@@H](ON3[C@@H](CI)CCC[C@]23C)C1=O. The number of amides is 2. The van der Waals surface area contributed by atoms with E-state index in [0.717, 1.165) is 23.7 Å². The summed E-state index contributed by atoms with van der Waals surface area (Å²) in [6.45, 7) is 2.07. The van der Waals surface area contributed by atoms with E-state index in [1.807, 2.05) is 5.06 Å². The highest BCUT2D eigenvalue weighted by molar-refractivity contribution is 14.1. The lowest BCUT2D eigenvalue weighted by molar-refractivity contribution is -0.221. The molecule has 3 heterocycles. The molecule has 0 unspecified atom stereocenters. The topological polar surface area (TPSA) is 49.9 Å². The van der Waals surface area contributed by atoms with Crippen LogP contribution in [-0.2, 0) is 14.4 Å². The van der Waals surface area contributed by atoms with Crippen molar-refractivity contribution >= 4 is 34.4 Å². The van der Waals surface area contributed by atoms with Crippen molar-refractivity contribution in [2.24, 2.45) is 5.92 Å². The number of piperidine rings is 1. The van der Waals surface area contributed by atoms with Crippen LogP contribution in [0.2, 0.25) is 0 Å². The molecule has 0 aromatic heterocycles. The van der Waals surface area contributed by atoms with Crippen LogP contribution in [-0.4, -0.2) is 50.9 Å². The second-order valence-electron chi connectivity index (χ2n) is 5.62. The van der Waals surface area contributed by atoms with Crippen molar-refractivity contribution in [1.29, 1.82) is 0 Å². The molecular weight excluding hydrogens is 347 g/mol.